The first kappa shape index (κ1) is 17.5. The standard InChI is InChI=1S/C18H27N3O2/c1-5-21-14-10-9-13(8-6-7-11-19)12-15(14)20(4)16(22)18(2,3)17(21)23/h9-10,12H,5-8,11,19H2,1-4H3. The van der Waals surface area contributed by atoms with E-state index in [1.165, 1.54) is 5.56 Å². The number of nitrogens with two attached hydrogens (primary N) is 1. The van der Waals surface area contributed by atoms with Crippen LogP contribution in [0.25, 0.3) is 0 Å². The quantitative estimate of drug-likeness (QED) is 0.669. The highest BCUT2D eigenvalue weighted by atomic mass is 16.2. The third-order valence-electron chi connectivity index (χ3n) is 4.55. The minimum absolute atomic E-state index is 0.147. The van der Waals surface area contributed by atoms with E-state index in [0.717, 1.165) is 30.6 Å². The molecule has 0 radical (unpaired) electrons. The lowest BCUT2D eigenvalue weighted by atomic mass is 9.90. The van der Waals surface area contributed by atoms with Gasteiger partial charge in [-0.25, -0.2) is 0 Å². The fourth-order valence-electron chi connectivity index (χ4n) is 3.08. The zero-order valence-corrected chi connectivity index (χ0v) is 14.6. The van der Waals surface area contributed by atoms with Crippen molar-refractivity contribution in [2.75, 3.05) is 29.9 Å². The predicted molar refractivity (Wildman–Crippen MR) is 93.7 cm³/mol. The Morgan fingerprint density at radius 2 is 1.78 bits per heavy atom. The second-order valence-electron chi connectivity index (χ2n) is 6.61. The Kier molecular flexibility index (Phi) is 5.09. The molecule has 1 aromatic rings. The minimum atomic E-state index is -1.05. The molecule has 0 unspecified atom stereocenters. The number of benzene rings is 1. The molecule has 1 aliphatic rings. The van der Waals surface area contributed by atoms with Crippen molar-refractivity contribution in [2.24, 2.45) is 11.1 Å². The molecule has 0 spiro atoms. The van der Waals surface area contributed by atoms with Crippen LogP contribution in [0.1, 0.15) is 39.2 Å². The zero-order valence-electron chi connectivity index (χ0n) is 14.6. The topological polar surface area (TPSA) is 66.6 Å². The summed E-state index contributed by atoms with van der Waals surface area (Å²) in [6.45, 7) is 6.57. The van der Waals surface area contributed by atoms with Crippen LogP contribution >= 0.6 is 0 Å². The van der Waals surface area contributed by atoms with Gasteiger partial charge in [-0.15, -0.1) is 0 Å². The van der Waals surface area contributed by atoms with E-state index in [2.05, 4.69) is 0 Å². The van der Waals surface area contributed by atoms with Crippen LogP contribution in [-0.4, -0.2) is 32.0 Å². The summed E-state index contributed by atoms with van der Waals surface area (Å²) in [5.74, 6) is -0.315. The Labute approximate surface area is 138 Å². The van der Waals surface area contributed by atoms with Gasteiger partial charge in [-0.05, 0) is 64.3 Å². The van der Waals surface area contributed by atoms with Gasteiger partial charge in [0.1, 0.15) is 5.41 Å². The van der Waals surface area contributed by atoms with E-state index in [9.17, 15) is 9.59 Å². The number of fused-ring (bicyclic) bond motifs is 1. The number of hydrogen-bond acceptors (Lipinski definition) is 3. The van der Waals surface area contributed by atoms with Crippen molar-refractivity contribution < 1.29 is 9.59 Å². The summed E-state index contributed by atoms with van der Waals surface area (Å²) in [6.07, 6.45) is 2.93. The molecule has 0 fully saturated rings. The first-order valence-corrected chi connectivity index (χ1v) is 8.27. The highest BCUT2D eigenvalue weighted by molar-refractivity contribution is 6.19. The average molecular weight is 317 g/mol. The lowest BCUT2D eigenvalue weighted by Gasteiger charge is -2.27. The van der Waals surface area contributed by atoms with Gasteiger partial charge >= 0.3 is 0 Å². The van der Waals surface area contributed by atoms with Gasteiger partial charge in [0, 0.05) is 13.6 Å². The molecule has 0 saturated carbocycles. The molecule has 1 aromatic carbocycles. The lowest BCUT2D eigenvalue weighted by molar-refractivity contribution is -0.137. The van der Waals surface area contributed by atoms with Crippen molar-refractivity contribution in [1.29, 1.82) is 0 Å². The van der Waals surface area contributed by atoms with Crippen molar-refractivity contribution in [3.05, 3.63) is 23.8 Å². The van der Waals surface area contributed by atoms with Crippen LogP contribution in [0.3, 0.4) is 0 Å². The van der Waals surface area contributed by atoms with E-state index in [-0.39, 0.29) is 11.8 Å². The van der Waals surface area contributed by atoms with Crippen molar-refractivity contribution >= 4 is 23.2 Å². The van der Waals surface area contributed by atoms with Crippen LogP contribution in [-0.2, 0) is 16.0 Å². The van der Waals surface area contributed by atoms with Crippen molar-refractivity contribution in [1.82, 2.24) is 0 Å². The van der Waals surface area contributed by atoms with Gasteiger partial charge in [0.05, 0.1) is 11.4 Å². The van der Waals surface area contributed by atoms with Gasteiger partial charge in [-0.1, -0.05) is 6.07 Å². The summed E-state index contributed by atoms with van der Waals surface area (Å²) in [5, 5.41) is 0. The third kappa shape index (κ3) is 3.11. The number of nitrogens with zero attached hydrogens (tertiary/aromatic N) is 2. The van der Waals surface area contributed by atoms with Crippen LogP contribution in [0.5, 0.6) is 0 Å². The van der Waals surface area contributed by atoms with Gasteiger partial charge in [0.2, 0.25) is 11.8 Å². The number of unbranched alkanes of at least 4 members (excludes halogenated alkanes) is 1. The Hall–Kier alpha value is -1.88. The van der Waals surface area contributed by atoms with Gasteiger partial charge in [0.15, 0.2) is 0 Å². The fourth-order valence-corrected chi connectivity index (χ4v) is 3.08. The summed E-state index contributed by atoms with van der Waals surface area (Å²) >= 11 is 0. The summed E-state index contributed by atoms with van der Waals surface area (Å²) in [7, 11) is 1.75. The van der Waals surface area contributed by atoms with Gasteiger partial charge < -0.3 is 15.5 Å². The Morgan fingerprint density at radius 1 is 1.09 bits per heavy atom. The number of rotatable bonds is 5. The second-order valence-corrected chi connectivity index (χ2v) is 6.61. The van der Waals surface area contributed by atoms with Gasteiger partial charge in [0.25, 0.3) is 0 Å². The van der Waals surface area contributed by atoms with Crippen molar-refractivity contribution in [2.45, 2.75) is 40.0 Å². The number of hydrogen-bond donors (Lipinski definition) is 1. The maximum Gasteiger partial charge on any atom is 0.242 e. The molecule has 1 heterocycles. The molecule has 126 valence electrons. The molecule has 0 aliphatic carbocycles. The molecule has 1 aliphatic heterocycles. The van der Waals surface area contributed by atoms with E-state index in [1.807, 2.05) is 25.1 Å². The SMILES string of the molecule is CCN1C(=O)C(C)(C)C(=O)N(C)c2cc(CCCCN)ccc21. The highest BCUT2D eigenvalue weighted by Gasteiger charge is 2.45. The van der Waals surface area contributed by atoms with E-state index in [4.69, 9.17) is 5.73 Å². The average Bonchev–Trinajstić information content (AvgIpc) is 2.58. The fraction of sp³-hybridized carbons (Fsp3) is 0.556. The first-order valence-electron chi connectivity index (χ1n) is 8.27. The lowest BCUT2D eigenvalue weighted by Crippen LogP contribution is -2.47. The number of aryl methyl sites for hydroxylation is 1. The molecule has 5 nitrogen and oxygen atoms in total. The number of carbonyl (C=O) groups is 2. The molecule has 2 N–H and O–H groups in total. The largest absolute Gasteiger partial charge is 0.330 e. The summed E-state index contributed by atoms with van der Waals surface area (Å²) in [4.78, 5) is 28.8. The molecule has 0 aromatic heterocycles. The van der Waals surface area contributed by atoms with E-state index < -0.39 is 5.41 Å². The minimum Gasteiger partial charge on any atom is -0.330 e. The zero-order chi connectivity index (χ0) is 17.2. The van der Waals surface area contributed by atoms with E-state index in [0.29, 0.717) is 13.1 Å². The van der Waals surface area contributed by atoms with Crippen LogP contribution in [0, 0.1) is 5.41 Å². The Morgan fingerprint density at radius 3 is 2.39 bits per heavy atom. The van der Waals surface area contributed by atoms with Gasteiger partial charge in [-0.3, -0.25) is 9.59 Å². The van der Waals surface area contributed by atoms with Crippen LogP contribution in [0.4, 0.5) is 11.4 Å². The van der Waals surface area contributed by atoms with Crippen LogP contribution in [0.2, 0.25) is 0 Å². The first-order chi connectivity index (χ1) is 10.8. The Balaban J connectivity index is 2.47. The maximum atomic E-state index is 12.8. The second kappa shape index (κ2) is 6.71. The molecular weight excluding hydrogens is 290 g/mol. The van der Waals surface area contributed by atoms with Crippen molar-refractivity contribution in [3.8, 4) is 0 Å². The number of anilines is 2. The molecule has 2 rings (SSSR count). The molecule has 5 heteroatoms. The van der Waals surface area contributed by atoms with E-state index >= 15 is 0 Å². The number of carbonyl (C=O) groups excluding carboxylic acids is 2. The number of amides is 2. The van der Waals surface area contributed by atoms with Crippen LogP contribution in [0.15, 0.2) is 18.2 Å². The summed E-state index contributed by atoms with van der Waals surface area (Å²) in [5.41, 5.74) is 7.28. The summed E-state index contributed by atoms with van der Waals surface area (Å²) < 4.78 is 0. The van der Waals surface area contributed by atoms with Crippen molar-refractivity contribution in [3.63, 3.8) is 0 Å². The van der Waals surface area contributed by atoms with E-state index in [1.54, 1.807) is 30.7 Å². The molecule has 23 heavy (non-hydrogen) atoms. The molecule has 0 bridgehead atoms. The predicted octanol–water partition coefficient (Wildman–Crippen LogP) is 2.32. The van der Waals surface area contributed by atoms with Gasteiger partial charge in [-0.2, -0.15) is 0 Å². The molecule has 0 atom stereocenters. The third-order valence-corrected chi connectivity index (χ3v) is 4.55. The summed E-state index contributed by atoms with van der Waals surface area (Å²) in [6, 6.07) is 6.03. The smallest absolute Gasteiger partial charge is 0.242 e. The molecule has 0 saturated heterocycles. The Bertz CT molecular complexity index is 610. The molecule has 2 amide bonds. The molecular formula is C18H27N3O2. The highest BCUT2D eigenvalue weighted by Crippen LogP contribution is 2.38. The maximum absolute atomic E-state index is 12.8. The van der Waals surface area contributed by atoms with Crippen LogP contribution < -0.4 is 15.5 Å². The monoisotopic (exact) mass is 317 g/mol. The normalized spacial score (nSPS) is 17.3.